The van der Waals surface area contributed by atoms with E-state index in [2.05, 4.69) is 5.32 Å². The van der Waals surface area contributed by atoms with Gasteiger partial charge in [0.15, 0.2) is 0 Å². The highest BCUT2D eigenvalue weighted by Gasteiger charge is 2.20. The summed E-state index contributed by atoms with van der Waals surface area (Å²) in [6.07, 6.45) is 0. The molecule has 0 saturated carbocycles. The molecule has 0 bridgehead atoms. The summed E-state index contributed by atoms with van der Waals surface area (Å²) in [6.45, 7) is 5.74. The van der Waals surface area contributed by atoms with E-state index in [4.69, 9.17) is 16.7 Å². The molecule has 5 nitrogen and oxygen atoms in total. The largest absolute Gasteiger partial charge is 0.480 e. The predicted octanol–water partition coefficient (Wildman–Crippen LogP) is 3.15. The number of rotatable bonds is 6. The molecular weight excluding hydrogens is 292 g/mol. The van der Waals surface area contributed by atoms with Crippen LogP contribution in [0.3, 0.4) is 0 Å². The van der Waals surface area contributed by atoms with Crippen molar-refractivity contribution in [2.75, 3.05) is 13.1 Å². The SMILES string of the molecule is CC(C)CN(CC(=O)O)C(=O)NC(C)c1ccccc1Cl. The molecule has 116 valence electrons. The smallest absolute Gasteiger partial charge is 0.323 e. The summed E-state index contributed by atoms with van der Waals surface area (Å²) in [6, 6.07) is 6.54. The maximum atomic E-state index is 12.2. The molecule has 1 aromatic carbocycles. The first-order valence-corrected chi connectivity index (χ1v) is 7.20. The van der Waals surface area contributed by atoms with Crippen molar-refractivity contribution in [3.8, 4) is 0 Å². The minimum atomic E-state index is -1.03. The van der Waals surface area contributed by atoms with Gasteiger partial charge in [-0.05, 0) is 24.5 Å². The second kappa shape index (κ2) is 7.88. The number of benzene rings is 1. The summed E-state index contributed by atoms with van der Waals surface area (Å²) in [5.41, 5.74) is 0.798. The van der Waals surface area contributed by atoms with E-state index in [9.17, 15) is 9.59 Å². The zero-order valence-electron chi connectivity index (χ0n) is 12.5. The standard InChI is InChI=1S/C15H21ClN2O3/c1-10(2)8-18(9-14(19)20)15(21)17-11(3)12-6-4-5-7-13(12)16/h4-7,10-11H,8-9H2,1-3H3,(H,17,21)(H,19,20). The number of nitrogens with one attached hydrogen (secondary N) is 1. The zero-order valence-corrected chi connectivity index (χ0v) is 13.2. The van der Waals surface area contributed by atoms with Gasteiger partial charge in [-0.15, -0.1) is 0 Å². The zero-order chi connectivity index (χ0) is 16.0. The third kappa shape index (κ3) is 5.63. The summed E-state index contributed by atoms with van der Waals surface area (Å²) in [5, 5.41) is 12.3. The molecular formula is C15H21ClN2O3. The number of amides is 2. The van der Waals surface area contributed by atoms with E-state index in [-0.39, 0.29) is 18.5 Å². The molecule has 2 N–H and O–H groups in total. The fourth-order valence-corrected chi connectivity index (χ4v) is 2.30. The van der Waals surface area contributed by atoms with Crippen molar-refractivity contribution in [2.45, 2.75) is 26.8 Å². The molecule has 0 radical (unpaired) electrons. The number of hydrogen-bond acceptors (Lipinski definition) is 2. The number of urea groups is 1. The maximum absolute atomic E-state index is 12.2. The Labute approximate surface area is 129 Å². The van der Waals surface area contributed by atoms with Crippen LogP contribution in [0, 0.1) is 5.92 Å². The lowest BCUT2D eigenvalue weighted by Gasteiger charge is -2.25. The fraction of sp³-hybridized carbons (Fsp3) is 0.467. The predicted molar refractivity (Wildman–Crippen MR) is 82.4 cm³/mol. The number of hydrogen-bond donors (Lipinski definition) is 2. The van der Waals surface area contributed by atoms with Crippen molar-refractivity contribution in [3.63, 3.8) is 0 Å². The van der Waals surface area contributed by atoms with Crippen molar-refractivity contribution in [3.05, 3.63) is 34.9 Å². The van der Waals surface area contributed by atoms with Gasteiger partial charge in [-0.3, -0.25) is 4.79 Å². The Morgan fingerprint density at radius 2 is 1.90 bits per heavy atom. The molecule has 0 saturated heterocycles. The van der Waals surface area contributed by atoms with Crippen LogP contribution in [0.4, 0.5) is 4.79 Å². The van der Waals surface area contributed by atoms with Gasteiger partial charge in [0.05, 0.1) is 6.04 Å². The molecule has 0 fully saturated rings. The molecule has 0 aromatic heterocycles. The Bertz CT molecular complexity index is 505. The van der Waals surface area contributed by atoms with Crippen LogP contribution in [0.15, 0.2) is 24.3 Å². The van der Waals surface area contributed by atoms with E-state index in [0.717, 1.165) is 5.56 Å². The summed E-state index contributed by atoms with van der Waals surface area (Å²) >= 11 is 6.09. The average molecular weight is 313 g/mol. The van der Waals surface area contributed by atoms with Crippen LogP contribution in [0.1, 0.15) is 32.4 Å². The first-order valence-electron chi connectivity index (χ1n) is 6.83. The second-order valence-electron chi connectivity index (χ2n) is 5.36. The van der Waals surface area contributed by atoms with E-state index in [1.807, 2.05) is 39.0 Å². The first-order chi connectivity index (χ1) is 9.81. The lowest BCUT2D eigenvalue weighted by atomic mass is 10.1. The molecule has 0 spiro atoms. The van der Waals surface area contributed by atoms with Crippen molar-refractivity contribution in [1.82, 2.24) is 10.2 Å². The highest BCUT2D eigenvalue weighted by molar-refractivity contribution is 6.31. The molecule has 1 aromatic rings. The van der Waals surface area contributed by atoms with Gasteiger partial charge in [-0.1, -0.05) is 43.6 Å². The van der Waals surface area contributed by atoms with E-state index in [0.29, 0.717) is 11.6 Å². The topological polar surface area (TPSA) is 69.6 Å². The molecule has 2 amide bonds. The Hall–Kier alpha value is -1.75. The van der Waals surface area contributed by atoms with Crippen LogP contribution < -0.4 is 5.32 Å². The van der Waals surface area contributed by atoms with Crippen LogP contribution in [-0.2, 0) is 4.79 Å². The molecule has 1 atom stereocenters. The molecule has 0 aliphatic carbocycles. The van der Waals surface area contributed by atoms with E-state index in [1.54, 1.807) is 6.07 Å². The normalized spacial score (nSPS) is 12.0. The van der Waals surface area contributed by atoms with Crippen LogP contribution in [-0.4, -0.2) is 35.1 Å². The van der Waals surface area contributed by atoms with E-state index < -0.39 is 12.0 Å². The lowest BCUT2D eigenvalue weighted by molar-refractivity contribution is -0.137. The molecule has 1 rings (SSSR count). The fourth-order valence-electron chi connectivity index (χ4n) is 2.00. The van der Waals surface area contributed by atoms with Gasteiger partial charge in [0, 0.05) is 11.6 Å². The third-order valence-corrected chi connectivity index (χ3v) is 3.25. The third-order valence-electron chi connectivity index (χ3n) is 2.91. The first kappa shape index (κ1) is 17.3. The van der Waals surface area contributed by atoms with E-state index in [1.165, 1.54) is 4.90 Å². The number of carboxylic acids is 1. The number of halogens is 1. The van der Waals surface area contributed by atoms with Crippen molar-refractivity contribution >= 4 is 23.6 Å². The summed E-state index contributed by atoms with van der Waals surface area (Å²) in [4.78, 5) is 24.4. The Morgan fingerprint density at radius 3 is 2.43 bits per heavy atom. The minimum absolute atomic E-state index is 0.186. The Balaban J connectivity index is 2.76. The maximum Gasteiger partial charge on any atom is 0.323 e. The van der Waals surface area contributed by atoms with Gasteiger partial charge in [0.2, 0.25) is 0 Å². The molecule has 0 heterocycles. The monoisotopic (exact) mass is 312 g/mol. The number of carboxylic acid groups (broad SMARTS) is 1. The summed E-state index contributed by atoms with van der Waals surface area (Å²) in [5.74, 6) is -0.845. The summed E-state index contributed by atoms with van der Waals surface area (Å²) < 4.78 is 0. The lowest BCUT2D eigenvalue weighted by Crippen LogP contribution is -2.45. The van der Waals surface area contributed by atoms with Crippen molar-refractivity contribution in [1.29, 1.82) is 0 Å². The van der Waals surface area contributed by atoms with Gasteiger partial charge in [0.25, 0.3) is 0 Å². The van der Waals surface area contributed by atoms with Gasteiger partial charge < -0.3 is 15.3 Å². The van der Waals surface area contributed by atoms with Gasteiger partial charge in [0.1, 0.15) is 6.54 Å². The van der Waals surface area contributed by atoms with Crippen molar-refractivity contribution < 1.29 is 14.7 Å². The number of nitrogens with zero attached hydrogens (tertiary/aromatic N) is 1. The van der Waals surface area contributed by atoms with Crippen molar-refractivity contribution in [2.24, 2.45) is 5.92 Å². The van der Waals surface area contributed by atoms with Gasteiger partial charge in [-0.2, -0.15) is 0 Å². The van der Waals surface area contributed by atoms with Crippen LogP contribution in [0.25, 0.3) is 0 Å². The van der Waals surface area contributed by atoms with E-state index >= 15 is 0 Å². The molecule has 6 heteroatoms. The Kier molecular flexibility index (Phi) is 6.49. The average Bonchev–Trinajstić information content (AvgIpc) is 2.37. The van der Waals surface area contributed by atoms with Crippen LogP contribution in [0.5, 0.6) is 0 Å². The summed E-state index contributed by atoms with van der Waals surface area (Å²) in [7, 11) is 0. The molecule has 0 aliphatic heterocycles. The number of aliphatic carboxylic acids is 1. The molecule has 21 heavy (non-hydrogen) atoms. The van der Waals surface area contributed by atoms with Gasteiger partial charge in [-0.25, -0.2) is 4.79 Å². The molecule has 1 unspecified atom stereocenters. The highest BCUT2D eigenvalue weighted by Crippen LogP contribution is 2.22. The number of carbonyl (C=O) groups excluding carboxylic acids is 1. The Morgan fingerprint density at radius 1 is 1.29 bits per heavy atom. The second-order valence-corrected chi connectivity index (χ2v) is 5.77. The van der Waals surface area contributed by atoms with Crippen LogP contribution in [0.2, 0.25) is 5.02 Å². The van der Waals surface area contributed by atoms with Crippen LogP contribution >= 0.6 is 11.6 Å². The number of carbonyl (C=O) groups is 2. The minimum Gasteiger partial charge on any atom is -0.480 e. The van der Waals surface area contributed by atoms with Gasteiger partial charge >= 0.3 is 12.0 Å². The highest BCUT2D eigenvalue weighted by atomic mass is 35.5. The quantitative estimate of drug-likeness (QED) is 0.847. The molecule has 0 aliphatic rings.